The lowest BCUT2D eigenvalue weighted by Crippen LogP contribution is -2.35. The number of nitrogens with two attached hydrogens (primary N) is 2. The molecule has 4 aromatic rings. The van der Waals surface area contributed by atoms with Crippen molar-refractivity contribution in [3.8, 4) is 0 Å². The standard InChI is InChI=1S/C28H34N8O2.2ClH/c29-19-11-12-35(15-19)28-33-26(23-27(34-28)36(16-32-23)22-13-21(30)24(37)25(22)38)31-14-20(17-7-3-1-4-8-17)18-9-5-2-6-10-18;;/h1-10,16,19-22,24-25,37-38H,11-15,29-30H2,(H,31,33,34);2*1H/t19-,21+,22-,24-,25+;;/m1../s1. The summed E-state index contributed by atoms with van der Waals surface area (Å²) in [6.07, 6.45) is 0.961. The van der Waals surface area contributed by atoms with Gasteiger partial charge in [-0.3, -0.25) is 0 Å². The molecule has 2 fully saturated rings. The van der Waals surface area contributed by atoms with E-state index in [4.69, 9.17) is 21.4 Å². The number of nitrogens with one attached hydrogen (secondary N) is 1. The van der Waals surface area contributed by atoms with E-state index in [1.807, 2.05) is 16.7 Å². The van der Waals surface area contributed by atoms with Crippen molar-refractivity contribution in [3.63, 3.8) is 0 Å². The molecule has 7 N–H and O–H groups in total. The predicted octanol–water partition coefficient (Wildman–Crippen LogP) is 2.45. The molecule has 0 radical (unpaired) electrons. The first-order chi connectivity index (χ1) is 18.5. The van der Waals surface area contributed by atoms with E-state index in [-0.39, 0.29) is 36.8 Å². The van der Waals surface area contributed by atoms with E-state index in [1.165, 1.54) is 11.1 Å². The minimum Gasteiger partial charge on any atom is -0.389 e. The van der Waals surface area contributed by atoms with Gasteiger partial charge in [-0.15, -0.1) is 24.8 Å². The van der Waals surface area contributed by atoms with Gasteiger partial charge >= 0.3 is 0 Å². The lowest BCUT2D eigenvalue weighted by atomic mass is 9.91. The van der Waals surface area contributed by atoms with E-state index in [1.54, 1.807) is 6.33 Å². The quantitative estimate of drug-likeness (QED) is 0.220. The highest BCUT2D eigenvalue weighted by atomic mass is 35.5. The van der Waals surface area contributed by atoms with Crippen LogP contribution in [0.4, 0.5) is 11.8 Å². The Balaban J connectivity index is 0.00000185. The van der Waals surface area contributed by atoms with Gasteiger partial charge in [0.2, 0.25) is 5.95 Å². The summed E-state index contributed by atoms with van der Waals surface area (Å²) in [5.41, 5.74) is 15.9. The summed E-state index contributed by atoms with van der Waals surface area (Å²) in [5, 5.41) is 24.6. The first-order valence-corrected chi connectivity index (χ1v) is 13.2. The van der Waals surface area contributed by atoms with Crippen molar-refractivity contribution in [2.24, 2.45) is 11.5 Å². The van der Waals surface area contributed by atoms with Gasteiger partial charge in [0.15, 0.2) is 17.0 Å². The molecule has 2 aliphatic rings. The number of rotatable bonds is 7. The number of aliphatic hydroxyl groups is 2. The van der Waals surface area contributed by atoms with Crippen LogP contribution in [0.3, 0.4) is 0 Å². The van der Waals surface area contributed by atoms with E-state index in [0.717, 1.165) is 13.0 Å². The maximum Gasteiger partial charge on any atom is 0.229 e. The molecule has 0 unspecified atom stereocenters. The fourth-order valence-electron chi connectivity index (χ4n) is 5.70. The number of aliphatic hydroxyl groups excluding tert-OH is 2. The molecule has 214 valence electrons. The van der Waals surface area contributed by atoms with Gasteiger partial charge in [-0.2, -0.15) is 9.97 Å². The highest BCUT2D eigenvalue weighted by molar-refractivity contribution is 5.86. The fraction of sp³-hybridized carbons (Fsp3) is 0.393. The highest BCUT2D eigenvalue weighted by Crippen LogP contribution is 2.34. The molecular formula is C28H36Cl2N8O2. The summed E-state index contributed by atoms with van der Waals surface area (Å²) in [5.74, 6) is 1.29. The zero-order valence-electron chi connectivity index (χ0n) is 22.0. The lowest BCUT2D eigenvalue weighted by molar-refractivity contribution is 0.0187. The number of hydrogen-bond acceptors (Lipinski definition) is 9. The first-order valence-electron chi connectivity index (χ1n) is 13.2. The van der Waals surface area contributed by atoms with Gasteiger partial charge in [0, 0.05) is 37.6 Å². The normalized spacial score (nSPS) is 24.2. The van der Waals surface area contributed by atoms with Crippen molar-refractivity contribution in [2.45, 2.75) is 49.1 Å². The Hall–Kier alpha value is -2.99. The summed E-state index contributed by atoms with van der Waals surface area (Å²) >= 11 is 0. The van der Waals surface area contributed by atoms with Crippen molar-refractivity contribution in [3.05, 3.63) is 78.1 Å². The van der Waals surface area contributed by atoms with E-state index in [9.17, 15) is 10.2 Å². The zero-order valence-corrected chi connectivity index (χ0v) is 23.6. The van der Waals surface area contributed by atoms with Gasteiger partial charge in [-0.05, 0) is 24.0 Å². The Labute approximate surface area is 245 Å². The number of halogens is 2. The van der Waals surface area contributed by atoms with E-state index in [0.29, 0.717) is 42.4 Å². The number of hydrogen-bond donors (Lipinski definition) is 5. The molecule has 0 spiro atoms. The Morgan fingerprint density at radius 1 is 0.925 bits per heavy atom. The minimum absolute atomic E-state index is 0. The highest BCUT2D eigenvalue weighted by Gasteiger charge is 2.41. The van der Waals surface area contributed by atoms with Crippen LogP contribution in [-0.4, -0.2) is 73.7 Å². The molecule has 2 aromatic carbocycles. The van der Waals surface area contributed by atoms with Gasteiger partial charge in [-0.1, -0.05) is 60.7 Å². The van der Waals surface area contributed by atoms with Crippen LogP contribution in [0, 0.1) is 0 Å². The average Bonchev–Trinajstić information content (AvgIpc) is 3.64. The van der Waals surface area contributed by atoms with Crippen LogP contribution in [0.15, 0.2) is 67.0 Å². The molecule has 1 aliphatic carbocycles. The number of imidazole rings is 1. The Morgan fingerprint density at radius 2 is 1.57 bits per heavy atom. The second-order valence-electron chi connectivity index (χ2n) is 10.4. The Morgan fingerprint density at radius 3 is 2.12 bits per heavy atom. The molecule has 40 heavy (non-hydrogen) atoms. The molecule has 3 heterocycles. The largest absolute Gasteiger partial charge is 0.389 e. The smallest absolute Gasteiger partial charge is 0.229 e. The number of nitrogens with zero attached hydrogens (tertiary/aromatic N) is 5. The van der Waals surface area contributed by atoms with Crippen molar-refractivity contribution < 1.29 is 10.2 Å². The van der Waals surface area contributed by atoms with Crippen LogP contribution in [0.5, 0.6) is 0 Å². The number of benzene rings is 2. The molecular weight excluding hydrogens is 551 g/mol. The van der Waals surface area contributed by atoms with Gasteiger partial charge in [0.1, 0.15) is 6.10 Å². The van der Waals surface area contributed by atoms with Crippen LogP contribution >= 0.6 is 24.8 Å². The van der Waals surface area contributed by atoms with Gasteiger partial charge in [0.25, 0.3) is 0 Å². The molecule has 1 aliphatic heterocycles. The van der Waals surface area contributed by atoms with Crippen LogP contribution in [0.1, 0.15) is 35.9 Å². The first kappa shape index (κ1) is 30.0. The van der Waals surface area contributed by atoms with Crippen molar-refractivity contribution in [1.29, 1.82) is 0 Å². The summed E-state index contributed by atoms with van der Waals surface area (Å²) in [4.78, 5) is 16.5. The van der Waals surface area contributed by atoms with Crippen LogP contribution in [-0.2, 0) is 0 Å². The molecule has 1 saturated carbocycles. The second-order valence-corrected chi connectivity index (χ2v) is 10.4. The van der Waals surface area contributed by atoms with Crippen LogP contribution in [0.2, 0.25) is 0 Å². The topological polar surface area (TPSA) is 151 Å². The molecule has 6 rings (SSSR count). The Bertz CT molecular complexity index is 1350. The van der Waals surface area contributed by atoms with Crippen molar-refractivity contribution in [1.82, 2.24) is 19.5 Å². The minimum atomic E-state index is -1.00. The third-order valence-electron chi connectivity index (χ3n) is 7.85. The molecule has 0 bridgehead atoms. The summed E-state index contributed by atoms with van der Waals surface area (Å²) in [6, 6.07) is 19.9. The summed E-state index contributed by atoms with van der Waals surface area (Å²) in [6.45, 7) is 2.04. The SMILES string of the molecule is Cl.Cl.N[C@@H]1CCN(c2nc(NCC(c3ccccc3)c3ccccc3)c3ncn([C@@H]4C[C@H](N)[C@@H](O)[C@H]4O)c3n2)C1. The van der Waals surface area contributed by atoms with Crippen LogP contribution in [0.25, 0.3) is 11.2 Å². The van der Waals surface area contributed by atoms with Gasteiger partial charge in [-0.25, -0.2) is 4.98 Å². The second kappa shape index (κ2) is 12.7. The molecule has 0 amide bonds. The summed E-state index contributed by atoms with van der Waals surface area (Å²) < 4.78 is 1.83. The third-order valence-corrected chi connectivity index (χ3v) is 7.85. The lowest BCUT2D eigenvalue weighted by Gasteiger charge is -2.22. The fourth-order valence-corrected chi connectivity index (χ4v) is 5.70. The van der Waals surface area contributed by atoms with Gasteiger partial charge in [0.05, 0.1) is 18.5 Å². The van der Waals surface area contributed by atoms with Crippen molar-refractivity contribution in [2.75, 3.05) is 29.9 Å². The number of anilines is 2. The molecule has 5 atom stereocenters. The van der Waals surface area contributed by atoms with E-state index < -0.39 is 24.3 Å². The maximum atomic E-state index is 10.7. The predicted molar refractivity (Wildman–Crippen MR) is 161 cm³/mol. The maximum absolute atomic E-state index is 10.7. The Kier molecular flexibility index (Phi) is 9.50. The monoisotopic (exact) mass is 586 g/mol. The molecule has 12 heteroatoms. The molecule has 2 aromatic heterocycles. The van der Waals surface area contributed by atoms with Crippen LogP contribution < -0.4 is 21.7 Å². The average molecular weight is 588 g/mol. The molecule has 10 nitrogen and oxygen atoms in total. The molecule has 1 saturated heterocycles. The third kappa shape index (κ3) is 5.74. The van der Waals surface area contributed by atoms with Crippen molar-refractivity contribution >= 4 is 47.7 Å². The summed E-state index contributed by atoms with van der Waals surface area (Å²) in [7, 11) is 0. The zero-order chi connectivity index (χ0) is 26.2. The van der Waals surface area contributed by atoms with E-state index >= 15 is 0 Å². The number of fused-ring (bicyclic) bond motifs is 1. The van der Waals surface area contributed by atoms with Gasteiger partial charge < -0.3 is 36.5 Å². The number of aromatic nitrogens is 4. The van der Waals surface area contributed by atoms with E-state index in [2.05, 4.69) is 63.7 Å².